The van der Waals surface area contributed by atoms with Gasteiger partial charge in [0.05, 0.1) is 12.2 Å². The molecule has 0 bridgehead atoms. The van der Waals surface area contributed by atoms with Crippen molar-refractivity contribution in [2.75, 3.05) is 19.0 Å². The molecule has 0 amide bonds. The Labute approximate surface area is 190 Å². The highest BCUT2D eigenvalue weighted by molar-refractivity contribution is 7.99. The Kier molecular flexibility index (Phi) is 11.7. The summed E-state index contributed by atoms with van der Waals surface area (Å²) in [5.41, 5.74) is 2.68. The fraction of sp³-hybridized carbons (Fsp3) is 0.375. The molecule has 0 aliphatic carbocycles. The van der Waals surface area contributed by atoms with Gasteiger partial charge >= 0.3 is 12.3 Å². The van der Waals surface area contributed by atoms with Gasteiger partial charge in [0, 0.05) is 10.6 Å². The van der Waals surface area contributed by atoms with Crippen LogP contribution in [0.15, 0.2) is 58.5 Å². The van der Waals surface area contributed by atoms with Gasteiger partial charge in [0.25, 0.3) is 0 Å². The van der Waals surface area contributed by atoms with Gasteiger partial charge in [0.2, 0.25) is 0 Å². The molecule has 0 heterocycles. The minimum absolute atomic E-state index is 0.250. The molecule has 0 spiro atoms. The molecule has 0 saturated heterocycles. The van der Waals surface area contributed by atoms with Crippen LogP contribution in [0.25, 0.3) is 0 Å². The monoisotopic (exact) mass is 468 g/mol. The lowest BCUT2D eigenvalue weighted by Crippen LogP contribution is -2.07. The molecule has 2 rings (SSSR count). The number of hydrogen-bond acceptors (Lipinski definition) is 5. The summed E-state index contributed by atoms with van der Waals surface area (Å²) < 4.78 is 49.4. The number of allylic oxidation sites excluding steroid dienone is 1. The van der Waals surface area contributed by atoms with E-state index in [2.05, 4.69) is 13.0 Å². The summed E-state index contributed by atoms with van der Waals surface area (Å²) in [6, 6.07) is 10.9. The fourth-order valence-corrected chi connectivity index (χ4v) is 3.63. The number of alkyl halides is 3. The van der Waals surface area contributed by atoms with Crippen molar-refractivity contribution in [2.45, 2.75) is 45.2 Å². The zero-order valence-corrected chi connectivity index (χ0v) is 19.4. The Morgan fingerprint density at radius 3 is 2.16 bits per heavy atom. The van der Waals surface area contributed by atoms with Gasteiger partial charge in [0.15, 0.2) is 0 Å². The van der Waals surface area contributed by atoms with Gasteiger partial charge in [-0.3, -0.25) is 0 Å². The summed E-state index contributed by atoms with van der Waals surface area (Å²) in [5, 5.41) is 0. The van der Waals surface area contributed by atoms with E-state index in [1.54, 1.807) is 11.8 Å². The highest BCUT2D eigenvalue weighted by Crippen LogP contribution is 2.31. The molecule has 32 heavy (non-hydrogen) atoms. The predicted octanol–water partition coefficient (Wildman–Crippen LogP) is 6.73. The van der Waals surface area contributed by atoms with Crippen LogP contribution in [-0.4, -0.2) is 25.1 Å². The normalized spacial score (nSPS) is 10.5. The lowest BCUT2D eigenvalue weighted by Gasteiger charge is -2.14. The number of rotatable bonds is 9. The average molecular weight is 469 g/mol. The van der Waals surface area contributed by atoms with Crippen molar-refractivity contribution in [1.29, 1.82) is 0 Å². The molecule has 0 N–H and O–H groups in total. The maximum atomic E-state index is 12.7. The van der Waals surface area contributed by atoms with Gasteiger partial charge < -0.3 is 9.47 Å². The topological polar surface area (TPSA) is 52.6 Å². The Bertz CT molecular complexity index is 912. The van der Waals surface area contributed by atoms with Gasteiger partial charge in [-0.05, 0) is 80.8 Å². The summed E-state index contributed by atoms with van der Waals surface area (Å²) in [6.45, 7) is 9.18. The number of halogens is 3. The number of ether oxygens (including phenoxy) is 2. The third kappa shape index (κ3) is 9.62. The molecule has 4 nitrogen and oxygen atoms in total. The van der Waals surface area contributed by atoms with E-state index >= 15 is 0 Å². The maximum absolute atomic E-state index is 12.7. The Morgan fingerprint density at radius 1 is 1.03 bits per heavy atom. The lowest BCUT2D eigenvalue weighted by molar-refractivity contribution is -0.191. The van der Waals surface area contributed by atoms with Gasteiger partial charge in [-0.25, -0.2) is 0 Å². The SMILES string of the molecule is CCCOc1ccc(SCC(COc2ccc(C(F)(F)F)cc2)=C(C)C)cc1C.O=C=O. The van der Waals surface area contributed by atoms with Crippen molar-refractivity contribution in [3.05, 3.63) is 64.7 Å². The first-order valence-corrected chi connectivity index (χ1v) is 10.9. The molecular weight excluding hydrogens is 441 g/mol. The second kappa shape index (κ2) is 13.7. The zero-order valence-electron chi connectivity index (χ0n) is 18.5. The van der Waals surface area contributed by atoms with Crippen LogP contribution in [0.4, 0.5) is 13.2 Å². The molecule has 0 radical (unpaired) electrons. The molecule has 8 heteroatoms. The summed E-state index contributed by atoms with van der Waals surface area (Å²) >= 11 is 1.70. The molecule has 0 aliphatic rings. The van der Waals surface area contributed by atoms with E-state index in [0.717, 1.165) is 51.7 Å². The van der Waals surface area contributed by atoms with E-state index < -0.39 is 11.7 Å². The average Bonchev–Trinajstić information content (AvgIpc) is 2.73. The second-order valence-electron chi connectivity index (χ2n) is 7.06. The summed E-state index contributed by atoms with van der Waals surface area (Å²) in [7, 11) is 0. The van der Waals surface area contributed by atoms with E-state index in [9.17, 15) is 13.2 Å². The quantitative estimate of drug-likeness (QED) is 0.302. The van der Waals surface area contributed by atoms with Crippen molar-refractivity contribution in [1.82, 2.24) is 0 Å². The first-order valence-electron chi connectivity index (χ1n) is 9.93. The second-order valence-corrected chi connectivity index (χ2v) is 8.11. The first-order chi connectivity index (χ1) is 15.1. The van der Waals surface area contributed by atoms with Gasteiger partial charge in [-0.2, -0.15) is 22.8 Å². The number of hydrogen-bond donors (Lipinski definition) is 0. The summed E-state index contributed by atoms with van der Waals surface area (Å²) in [6.07, 6.45) is -3.12. The van der Waals surface area contributed by atoms with E-state index in [-0.39, 0.29) is 6.15 Å². The largest absolute Gasteiger partial charge is 0.493 e. The summed E-state index contributed by atoms with van der Waals surface area (Å²) in [4.78, 5) is 17.4. The third-order valence-corrected chi connectivity index (χ3v) is 5.40. The van der Waals surface area contributed by atoms with Gasteiger partial charge in [-0.1, -0.05) is 12.5 Å². The number of thioether (sulfide) groups is 1. The predicted molar refractivity (Wildman–Crippen MR) is 118 cm³/mol. The number of benzene rings is 2. The molecule has 174 valence electrons. The van der Waals surface area contributed by atoms with Crippen LogP contribution >= 0.6 is 11.8 Å². The summed E-state index contributed by atoms with van der Waals surface area (Å²) in [5.74, 6) is 2.08. The Morgan fingerprint density at radius 2 is 1.66 bits per heavy atom. The smallest absolute Gasteiger partial charge is 0.416 e. The van der Waals surface area contributed by atoms with E-state index in [0.29, 0.717) is 19.0 Å². The van der Waals surface area contributed by atoms with Crippen LogP contribution in [0.1, 0.15) is 38.3 Å². The van der Waals surface area contributed by atoms with E-state index in [4.69, 9.17) is 19.1 Å². The Balaban J connectivity index is 0.00000161. The molecule has 0 aromatic heterocycles. The molecule has 2 aromatic rings. The minimum Gasteiger partial charge on any atom is -0.493 e. The van der Waals surface area contributed by atoms with Crippen molar-refractivity contribution in [3.8, 4) is 11.5 Å². The molecule has 0 saturated carbocycles. The van der Waals surface area contributed by atoms with Crippen LogP contribution in [0.3, 0.4) is 0 Å². The van der Waals surface area contributed by atoms with Crippen molar-refractivity contribution in [2.24, 2.45) is 0 Å². The number of aryl methyl sites for hydroxylation is 1. The molecular formula is C24H27F3O4S. The molecule has 0 aliphatic heterocycles. The Hall–Kier alpha value is -2.70. The molecule has 0 fully saturated rings. The van der Waals surface area contributed by atoms with Gasteiger partial charge in [-0.15, -0.1) is 11.8 Å². The maximum Gasteiger partial charge on any atom is 0.416 e. The molecule has 2 aromatic carbocycles. The highest BCUT2D eigenvalue weighted by atomic mass is 32.2. The highest BCUT2D eigenvalue weighted by Gasteiger charge is 2.30. The molecule has 0 atom stereocenters. The van der Waals surface area contributed by atoms with Crippen molar-refractivity contribution >= 4 is 17.9 Å². The number of carbonyl (C=O) groups excluding carboxylic acids is 2. The van der Waals surface area contributed by atoms with Crippen LogP contribution in [-0.2, 0) is 15.8 Å². The fourth-order valence-electron chi connectivity index (χ4n) is 2.50. The lowest BCUT2D eigenvalue weighted by atomic mass is 10.2. The standard InChI is InChI=1S/C23H27F3O2S.CO2/c1-5-12-27-22-11-10-21(13-17(22)4)29-15-18(16(2)3)14-28-20-8-6-19(7-9-20)23(24,25)26;2-1-3/h6-11,13H,5,12,14-15H2,1-4H3;. The van der Waals surface area contributed by atoms with Crippen LogP contribution < -0.4 is 9.47 Å². The van der Waals surface area contributed by atoms with Crippen LogP contribution in [0.2, 0.25) is 0 Å². The van der Waals surface area contributed by atoms with Crippen LogP contribution in [0, 0.1) is 6.92 Å². The van der Waals surface area contributed by atoms with Crippen molar-refractivity contribution < 1.29 is 32.2 Å². The first kappa shape index (κ1) is 27.3. The zero-order chi connectivity index (χ0) is 24.1. The van der Waals surface area contributed by atoms with E-state index in [1.807, 2.05) is 32.9 Å². The van der Waals surface area contributed by atoms with Crippen LogP contribution in [0.5, 0.6) is 11.5 Å². The molecule has 0 unspecified atom stereocenters. The van der Waals surface area contributed by atoms with Crippen molar-refractivity contribution in [3.63, 3.8) is 0 Å². The van der Waals surface area contributed by atoms with Gasteiger partial charge in [0.1, 0.15) is 18.1 Å². The minimum atomic E-state index is -4.34. The third-order valence-electron chi connectivity index (χ3n) is 4.32. The van der Waals surface area contributed by atoms with E-state index in [1.165, 1.54) is 12.1 Å².